The summed E-state index contributed by atoms with van der Waals surface area (Å²) < 4.78 is 92.2. The number of alkyl halides is 1. The first-order valence-electron chi connectivity index (χ1n) is 18.0. The highest BCUT2D eigenvalue weighted by molar-refractivity contribution is 7.96. The molecule has 10 nitrogen and oxygen atoms in total. The van der Waals surface area contributed by atoms with Crippen molar-refractivity contribution in [2.75, 3.05) is 0 Å². The summed E-state index contributed by atoms with van der Waals surface area (Å²) in [6.07, 6.45) is 5.03. The SMILES string of the molecule is CC.NC(=O)c1cc(-c2cccnc2C(NC(=O)NSN[C@@H](Cc2cc(F)cc(F)c2)c2ncccc2C2=CC(C(N)=O)C(F)C=C2)c2cc(F)cc(F)c2)ccc1F. The van der Waals surface area contributed by atoms with E-state index in [1.54, 1.807) is 18.2 Å². The Labute approximate surface area is 339 Å². The van der Waals surface area contributed by atoms with Crippen molar-refractivity contribution in [3.8, 4) is 11.1 Å². The topological polar surface area (TPSA) is 165 Å². The second kappa shape index (κ2) is 19.8. The molecule has 2 heterocycles. The number of benzene rings is 3. The Morgan fingerprint density at radius 3 is 2.03 bits per heavy atom. The molecule has 0 fully saturated rings. The minimum atomic E-state index is -1.66. The summed E-state index contributed by atoms with van der Waals surface area (Å²) in [4.78, 5) is 46.4. The third-order valence-electron chi connectivity index (χ3n) is 8.83. The quantitative estimate of drug-likeness (QED) is 0.0595. The molecule has 0 radical (unpaired) electrons. The number of hydrogen-bond acceptors (Lipinski definition) is 7. The van der Waals surface area contributed by atoms with Gasteiger partial charge in [-0.2, -0.15) is 0 Å². The Morgan fingerprint density at radius 1 is 0.797 bits per heavy atom. The summed E-state index contributed by atoms with van der Waals surface area (Å²) in [6, 6.07) is 12.2. The highest BCUT2D eigenvalue weighted by Gasteiger charge is 2.29. The van der Waals surface area contributed by atoms with Gasteiger partial charge in [-0.1, -0.05) is 44.2 Å². The molecule has 17 heteroatoms. The van der Waals surface area contributed by atoms with Gasteiger partial charge in [-0.05, 0) is 83.3 Å². The molecule has 59 heavy (non-hydrogen) atoms. The summed E-state index contributed by atoms with van der Waals surface area (Å²) in [7, 11) is 0. The molecule has 1 aliphatic rings. The van der Waals surface area contributed by atoms with E-state index in [9.17, 15) is 40.7 Å². The molecule has 0 spiro atoms. The van der Waals surface area contributed by atoms with Gasteiger partial charge >= 0.3 is 6.03 Å². The molecular weight excluding hydrogens is 797 g/mol. The maximum atomic E-state index is 14.6. The van der Waals surface area contributed by atoms with E-state index in [1.807, 2.05) is 13.8 Å². The number of primary amides is 2. The molecular formula is C42H37F6N7O3S. The predicted molar refractivity (Wildman–Crippen MR) is 212 cm³/mol. The van der Waals surface area contributed by atoms with Crippen molar-refractivity contribution in [2.45, 2.75) is 38.5 Å². The van der Waals surface area contributed by atoms with E-state index in [0.717, 1.165) is 30.3 Å². The van der Waals surface area contributed by atoms with Crippen LogP contribution in [-0.4, -0.2) is 34.0 Å². The van der Waals surface area contributed by atoms with Crippen LogP contribution < -0.4 is 26.2 Å². The minimum absolute atomic E-state index is 0.0559. The van der Waals surface area contributed by atoms with Crippen LogP contribution in [0, 0.1) is 35.0 Å². The molecule has 0 saturated heterocycles. The van der Waals surface area contributed by atoms with E-state index in [-0.39, 0.29) is 40.1 Å². The molecule has 306 valence electrons. The van der Waals surface area contributed by atoms with Gasteiger partial charge in [-0.15, -0.1) is 0 Å². The number of nitrogens with two attached hydrogens (primary N) is 2. The number of nitrogens with zero attached hydrogens (tertiary/aromatic N) is 2. The molecule has 0 bridgehead atoms. The number of hydrogen-bond donors (Lipinski definition) is 5. The fourth-order valence-corrected chi connectivity index (χ4v) is 6.85. The van der Waals surface area contributed by atoms with Crippen molar-refractivity contribution in [3.05, 3.63) is 172 Å². The lowest BCUT2D eigenvalue weighted by atomic mass is 9.88. The lowest BCUT2D eigenvalue weighted by molar-refractivity contribution is -0.121. The first-order chi connectivity index (χ1) is 28.3. The molecule has 0 aliphatic heterocycles. The van der Waals surface area contributed by atoms with Gasteiger partial charge in [0.2, 0.25) is 5.91 Å². The third kappa shape index (κ3) is 10.9. The van der Waals surface area contributed by atoms with E-state index < -0.39 is 76.7 Å². The molecule has 3 aromatic carbocycles. The summed E-state index contributed by atoms with van der Waals surface area (Å²) in [5.74, 6) is -7.68. The molecule has 4 atom stereocenters. The highest BCUT2D eigenvalue weighted by Crippen LogP contribution is 2.34. The zero-order valence-corrected chi connectivity index (χ0v) is 32.2. The fourth-order valence-electron chi connectivity index (χ4n) is 6.30. The molecule has 6 rings (SSSR count). The second-order valence-corrected chi connectivity index (χ2v) is 13.4. The number of halogens is 6. The first-order valence-corrected chi connectivity index (χ1v) is 18.8. The number of carbonyl (C=O) groups excluding carboxylic acids is 3. The van der Waals surface area contributed by atoms with Gasteiger partial charge in [0.05, 0.1) is 35.0 Å². The lowest BCUT2D eigenvalue weighted by Crippen LogP contribution is -2.37. The Balaban J connectivity index is 0.00000326. The van der Waals surface area contributed by atoms with Crippen molar-refractivity contribution in [2.24, 2.45) is 17.4 Å². The summed E-state index contributed by atoms with van der Waals surface area (Å²) >= 11 is 0.626. The number of carbonyl (C=O) groups is 3. The molecule has 5 aromatic rings. The maximum Gasteiger partial charge on any atom is 0.326 e. The van der Waals surface area contributed by atoms with Crippen LogP contribution in [0.2, 0.25) is 0 Å². The van der Waals surface area contributed by atoms with E-state index in [0.29, 0.717) is 35.4 Å². The van der Waals surface area contributed by atoms with E-state index in [4.69, 9.17) is 11.5 Å². The van der Waals surface area contributed by atoms with Crippen molar-refractivity contribution in [1.29, 1.82) is 0 Å². The lowest BCUT2D eigenvalue weighted by Gasteiger charge is -2.24. The van der Waals surface area contributed by atoms with Gasteiger partial charge in [0.15, 0.2) is 0 Å². The van der Waals surface area contributed by atoms with Gasteiger partial charge in [-0.25, -0.2) is 35.9 Å². The zero-order valence-electron chi connectivity index (χ0n) is 31.4. The van der Waals surface area contributed by atoms with Crippen LogP contribution in [-0.2, 0) is 11.2 Å². The predicted octanol–water partition coefficient (Wildman–Crippen LogP) is 7.88. The van der Waals surface area contributed by atoms with Crippen LogP contribution in [0.3, 0.4) is 0 Å². The number of pyridine rings is 2. The summed E-state index contributed by atoms with van der Waals surface area (Å²) in [5, 5.41) is 2.64. The Hall–Kier alpha value is -6.46. The van der Waals surface area contributed by atoms with Crippen molar-refractivity contribution in [1.82, 2.24) is 24.7 Å². The Kier molecular flexibility index (Phi) is 14.7. The van der Waals surface area contributed by atoms with Crippen LogP contribution in [0.1, 0.15) is 64.4 Å². The first kappa shape index (κ1) is 43.7. The van der Waals surface area contributed by atoms with E-state index in [2.05, 4.69) is 24.7 Å². The normalized spacial score (nSPS) is 15.6. The van der Waals surface area contributed by atoms with Crippen molar-refractivity contribution in [3.63, 3.8) is 0 Å². The second-order valence-electron chi connectivity index (χ2n) is 12.8. The number of amides is 4. The van der Waals surface area contributed by atoms with Gasteiger partial charge in [0.1, 0.15) is 35.3 Å². The molecule has 1 aliphatic carbocycles. The van der Waals surface area contributed by atoms with Gasteiger partial charge in [0, 0.05) is 47.8 Å². The van der Waals surface area contributed by atoms with Crippen LogP contribution >= 0.6 is 12.1 Å². The van der Waals surface area contributed by atoms with Crippen LogP contribution in [0.15, 0.2) is 109 Å². The monoisotopic (exact) mass is 833 g/mol. The van der Waals surface area contributed by atoms with Crippen LogP contribution in [0.4, 0.5) is 31.1 Å². The number of rotatable bonds is 13. The summed E-state index contributed by atoms with van der Waals surface area (Å²) in [5.41, 5.74) is 12.2. The number of nitrogens with one attached hydrogen (secondary N) is 3. The van der Waals surface area contributed by atoms with Gasteiger partial charge in [-0.3, -0.25) is 24.3 Å². The largest absolute Gasteiger partial charge is 0.369 e. The number of allylic oxidation sites excluding steroid dienone is 3. The third-order valence-corrected chi connectivity index (χ3v) is 9.52. The molecule has 3 unspecified atom stereocenters. The van der Waals surface area contributed by atoms with Crippen molar-refractivity contribution < 1.29 is 40.7 Å². The van der Waals surface area contributed by atoms with E-state index in [1.165, 1.54) is 48.8 Å². The average molecular weight is 834 g/mol. The van der Waals surface area contributed by atoms with Gasteiger partial charge in [0.25, 0.3) is 5.91 Å². The molecule has 4 amide bonds. The number of aromatic nitrogens is 2. The standard InChI is InChI=1S/C40H31F6N7O3S.C2H6/c41-24-11-20(12-25(42)18-24)13-34(36-28(3-1-9-49-36)21-5-7-32(45)30(16-21)38(47)54)52-57-53-40(56)51-35(23-14-26(43)19-27(44)15-23)37-29(4-2-10-50-37)22-6-8-33(46)31(17-22)39(48)55;1-2/h1-12,14-19,30,32,34-35,52H,13H2,(H2,47,54)(H2,48,55)(H2,51,53,56);1-2H3/t30?,32?,34-,35?;/m0./s1. The van der Waals surface area contributed by atoms with Crippen LogP contribution in [0.25, 0.3) is 16.7 Å². The fraction of sp³-hybridized carbons (Fsp3) is 0.167. The Morgan fingerprint density at radius 2 is 1.41 bits per heavy atom. The highest BCUT2D eigenvalue weighted by atomic mass is 32.2. The van der Waals surface area contributed by atoms with Crippen LogP contribution in [0.5, 0.6) is 0 Å². The summed E-state index contributed by atoms with van der Waals surface area (Å²) in [6.45, 7) is 4.00. The van der Waals surface area contributed by atoms with Crippen molar-refractivity contribution >= 4 is 35.6 Å². The Bertz CT molecular complexity index is 2380. The number of urea groups is 1. The average Bonchev–Trinajstić information content (AvgIpc) is 3.20. The molecule has 0 saturated carbocycles. The van der Waals surface area contributed by atoms with E-state index >= 15 is 0 Å². The minimum Gasteiger partial charge on any atom is -0.369 e. The molecule has 2 aromatic heterocycles. The zero-order chi connectivity index (χ0) is 42.8. The molecule has 7 N–H and O–H groups in total. The van der Waals surface area contributed by atoms with Gasteiger partial charge < -0.3 is 16.8 Å². The smallest absolute Gasteiger partial charge is 0.326 e. The maximum absolute atomic E-state index is 14.6.